The zero-order chi connectivity index (χ0) is 43.1. The van der Waals surface area contributed by atoms with E-state index >= 15 is 0 Å². The van der Waals surface area contributed by atoms with Crippen molar-refractivity contribution < 1.29 is 24.5 Å². The number of carbonyl (C=O) groups is 2. The van der Waals surface area contributed by atoms with Gasteiger partial charge in [-0.2, -0.15) is 0 Å². The molecule has 3 unspecified atom stereocenters. The van der Waals surface area contributed by atoms with Crippen molar-refractivity contribution in [3.8, 4) is 0 Å². The topological polar surface area (TPSA) is 95.9 Å². The summed E-state index contributed by atoms with van der Waals surface area (Å²) >= 11 is 0. The second kappa shape index (κ2) is 46.1. The molecule has 338 valence electrons. The van der Waals surface area contributed by atoms with Crippen molar-refractivity contribution >= 4 is 11.9 Å². The Balaban J connectivity index is 4.82. The number of rotatable bonds is 42. The quantitative estimate of drug-likeness (QED) is 0.0324. The van der Waals surface area contributed by atoms with E-state index < -0.39 is 18.2 Å². The Morgan fingerprint density at radius 2 is 0.949 bits per heavy atom. The Labute approximate surface area is 363 Å². The molecule has 1 amide bonds. The fourth-order valence-electron chi connectivity index (χ4n) is 6.77. The van der Waals surface area contributed by atoms with Crippen LogP contribution < -0.4 is 5.32 Å². The first-order valence-corrected chi connectivity index (χ1v) is 24.3. The summed E-state index contributed by atoms with van der Waals surface area (Å²) in [6, 6.07) is -0.746. The Kier molecular flexibility index (Phi) is 43.8. The molecule has 0 radical (unpaired) electrons. The summed E-state index contributed by atoms with van der Waals surface area (Å²) in [5.74, 6) is -0.647. The first-order chi connectivity index (χ1) is 29.0. The van der Waals surface area contributed by atoms with Crippen LogP contribution in [0.1, 0.15) is 213 Å². The van der Waals surface area contributed by atoms with Crippen molar-refractivity contribution in [1.29, 1.82) is 0 Å². The molecule has 0 aromatic carbocycles. The van der Waals surface area contributed by atoms with Crippen LogP contribution in [0.3, 0.4) is 0 Å². The maximum Gasteiger partial charge on any atom is 0.306 e. The zero-order valence-corrected chi connectivity index (χ0v) is 38.4. The molecule has 0 rings (SSSR count). The van der Waals surface area contributed by atoms with E-state index in [9.17, 15) is 19.8 Å². The van der Waals surface area contributed by atoms with Crippen LogP contribution in [0.2, 0.25) is 0 Å². The first-order valence-electron chi connectivity index (χ1n) is 24.3. The third-order valence-electron chi connectivity index (χ3n) is 10.5. The van der Waals surface area contributed by atoms with E-state index in [2.05, 4.69) is 99.0 Å². The highest BCUT2D eigenvalue weighted by Gasteiger charge is 2.23. The van der Waals surface area contributed by atoms with Gasteiger partial charge in [-0.15, -0.1) is 0 Å². The number of nitrogens with one attached hydrogen (secondary N) is 1. The molecular formula is C53H91NO5. The highest BCUT2D eigenvalue weighted by atomic mass is 16.5. The average Bonchev–Trinajstić information content (AvgIpc) is 3.23. The molecule has 0 aromatic rings. The molecule has 3 atom stereocenters. The predicted octanol–water partition coefficient (Wildman–Crippen LogP) is 14.4. The number of allylic oxidation sites excluding steroid dienone is 13. The normalized spacial score (nSPS) is 14.1. The highest BCUT2D eigenvalue weighted by molar-refractivity contribution is 5.78. The van der Waals surface area contributed by atoms with Gasteiger partial charge in [0.05, 0.1) is 25.2 Å². The first kappa shape index (κ1) is 56.0. The smallest absolute Gasteiger partial charge is 0.306 e. The van der Waals surface area contributed by atoms with Crippen molar-refractivity contribution in [2.75, 3.05) is 6.61 Å². The molecule has 0 heterocycles. The van der Waals surface area contributed by atoms with Crippen LogP contribution in [-0.2, 0) is 14.3 Å². The largest absolute Gasteiger partial charge is 0.458 e. The molecule has 59 heavy (non-hydrogen) atoms. The van der Waals surface area contributed by atoms with Gasteiger partial charge < -0.3 is 20.3 Å². The number of aliphatic hydroxyl groups excluding tert-OH is 2. The van der Waals surface area contributed by atoms with Crippen LogP contribution in [0.5, 0.6) is 0 Å². The molecule has 0 aliphatic carbocycles. The lowest BCUT2D eigenvalue weighted by atomic mass is 10.0. The van der Waals surface area contributed by atoms with Crippen LogP contribution in [-0.4, -0.2) is 46.9 Å². The monoisotopic (exact) mass is 822 g/mol. The van der Waals surface area contributed by atoms with E-state index in [0.717, 1.165) is 83.5 Å². The summed E-state index contributed by atoms with van der Waals surface area (Å²) in [5, 5.41) is 23.6. The number of hydrogen-bond acceptors (Lipinski definition) is 5. The second-order valence-corrected chi connectivity index (χ2v) is 16.1. The summed E-state index contributed by atoms with van der Waals surface area (Å²) in [5.41, 5.74) is 0. The van der Waals surface area contributed by atoms with Gasteiger partial charge in [0, 0.05) is 6.42 Å². The van der Waals surface area contributed by atoms with Crippen molar-refractivity contribution in [3.63, 3.8) is 0 Å². The van der Waals surface area contributed by atoms with Gasteiger partial charge in [0.2, 0.25) is 5.91 Å². The Morgan fingerprint density at radius 1 is 0.525 bits per heavy atom. The van der Waals surface area contributed by atoms with E-state index in [1.54, 1.807) is 6.08 Å². The fourth-order valence-corrected chi connectivity index (χ4v) is 6.77. The third kappa shape index (κ3) is 41.6. The fraction of sp³-hybridized carbons (Fsp3) is 0.698. The molecule has 0 aromatic heterocycles. The molecule has 3 N–H and O–H groups in total. The second-order valence-electron chi connectivity index (χ2n) is 16.1. The maximum atomic E-state index is 13.1. The average molecular weight is 822 g/mol. The standard InChI is InChI=1S/C53H91NO5/c1-4-7-10-13-16-19-22-24-25-26-27-28-30-32-35-38-41-44-49(59-53(58)46-43-40-37-34-31-23-20-17-14-11-8-5-2)47-52(57)54-50(48-55)51(56)45-42-39-36-33-29-21-18-15-12-9-6-3/h7,10,16-17,19-20,24-25,27-28,32,35,41,44,49-51,55-56H,4-6,8-9,11-15,18,21-23,26,29-31,33-34,36-40,42-43,45-48H2,1-3H3,(H,54,57)/b10-7-,19-16-,20-17-,25-24-,28-27-,35-32-,44-41-. The highest BCUT2D eigenvalue weighted by Crippen LogP contribution is 2.15. The van der Waals surface area contributed by atoms with Gasteiger partial charge in [0.25, 0.3) is 0 Å². The lowest BCUT2D eigenvalue weighted by Crippen LogP contribution is -2.46. The van der Waals surface area contributed by atoms with Gasteiger partial charge in [0.15, 0.2) is 0 Å². The van der Waals surface area contributed by atoms with Crippen LogP contribution in [0.4, 0.5) is 0 Å². The number of aliphatic hydroxyl groups is 2. The minimum atomic E-state index is -0.823. The van der Waals surface area contributed by atoms with Crippen LogP contribution in [0.15, 0.2) is 85.1 Å². The maximum absolute atomic E-state index is 13.1. The Morgan fingerprint density at radius 3 is 1.46 bits per heavy atom. The van der Waals surface area contributed by atoms with Crippen molar-refractivity contribution in [3.05, 3.63) is 85.1 Å². The molecule has 0 spiro atoms. The molecule has 0 aliphatic rings. The van der Waals surface area contributed by atoms with Crippen molar-refractivity contribution in [2.45, 2.75) is 232 Å². The van der Waals surface area contributed by atoms with E-state index in [-0.39, 0.29) is 24.9 Å². The predicted molar refractivity (Wildman–Crippen MR) is 254 cm³/mol. The third-order valence-corrected chi connectivity index (χ3v) is 10.5. The SMILES string of the molecule is CC/C=C\C/C=C\C/C=C\C/C=C\C/C=C\C/C=C\C(CC(=O)NC(CO)C(O)CCCCCCCCCCCCC)OC(=O)CCCCCCC/C=C\CCCCC. The molecular weight excluding hydrogens is 731 g/mol. The minimum absolute atomic E-state index is 0.0540. The van der Waals surface area contributed by atoms with Crippen molar-refractivity contribution in [1.82, 2.24) is 5.32 Å². The molecule has 6 heteroatoms. The lowest BCUT2D eigenvalue weighted by Gasteiger charge is -2.23. The van der Waals surface area contributed by atoms with Crippen molar-refractivity contribution in [2.24, 2.45) is 0 Å². The molecule has 0 saturated heterocycles. The molecule has 0 fully saturated rings. The molecule has 0 aliphatic heterocycles. The van der Waals surface area contributed by atoms with Gasteiger partial charge in [0.1, 0.15) is 6.10 Å². The van der Waals surface area contributed by atoms with Crippen LogP contribution in [0.25, 0.3) is 0 Å². The number of carbonyl (C=O) groups excluding carboxylic acids is 2. The minimum Gasteiger partial charge on any atom is -0.458 e. The zero-order valence-electron chi connectivity index (χ0n) is 38.4. The lowest BCUT2D eigenvalue weighted by molar-refractivity contribution is -0.148. The molecule has 0 saturated carbocycles. The van der Waals surface area contributed by atoms with E-state index in [0.29, 0.717) is 19.3 Å². The molecule has 6 nitrogen and oxygen atoms in total. The van der Waals surface area contributed by atoms with Gasteiger partial charge in [-0.1, -0.05) is 202 Å². The van der Waals surface area contributed by atoms with Gasteiger partial charge >= 0.3 is 5.97 Å². The Bertz CT molecular complexity index is 1150. The summed E-state index contributed by atoms with van der Waals surface area (Å²) in [7, 11) is 0. The summed E-state index contributed by atoms with van der Waals surface area (Å²) in [4.78, 5) is 26.0. The van der Waals surface area contributed by atoms with E-state index in [1.165, 1.54) is 83.5 Å². The van der Waals surface area contributed by atoms with Gasteiger partial charge in [-0.25, -0.2) is 0 Å². The number of amides is 1. The number of unbranched alkanes of at least 4 members (excludes halogenated alkanes) is 18. The van der Waals surface area contributed by atoms with Crippen LogP contribution in [0, 0.1) is 0 Å². The van der Waals surface area contributed by atoms with E-state index in [4.69, 9.17) is 4.74 Å². The summed E-state index contributed by atoms with van der Waals surface area (Å²) < 4.78 is 5.80. The number of ether oxygens (including phenoxy) is 1. The van der Waals surface area contributed by atoms with Gasteiger partial charge in [-0.3, -0.25) is 9.59 Å². The Hall–Kier alpha value is -2.96. The number of hydrogen-bond donors (Lipinski definition) is 3. The number of esters is 1. The van der Waals surface area contributed by atoms with Gasteiger partial charge in [-0.05, 0) is 83.1 Å². The molecule has 0 bridgehead atoms. The van der Waals surface area contributed by atoms with Crippen LogP contribution >= 0.6 is 0 Å². The summed E-state index contributed by atoms with van der Waals surface area (Å²) in [6.45, 7) is 6.28. The summed E-state index contributed by atoms with van der Waals surface area (Å²) in [6.07, 6.45) is 59.5. The van der Waals surface area contributed by atoms with E-state index in [1.807, 2.05) is 6.08 Å².